The van der Waals surface area contributed by atoms with Crippen LogP contribution in [0, 0.1) is 6.92 Å². The van der Waals surface area contributed by atoms with Crippen molar-refractivity contribution < 1.29 is 0 Å². The van der Waals surface area contributed by atoms with Crippen LogP contribution in [-0.4, -0.2) is 21.2 Å². The Morgan fingerprint density at radius 1 is 1.24 bits per heavy atom. The monoisotopic (exact) mass is 268 g/mol. The number of nitrogens with zero attached hydrogens (tertiary/aromatic N) is 3. The van der Waals surface area contributed by atoms with Gasteiger partial charge < -0.3 is 5.32 Å². The Kier molecular flexibility index (Phi) is 3.73. The lowest BCUT2D eigenvalue weighted by Crippen LogP contribution is -2.08. The van der Waals surface area contributed by atoms with Crippen molar-refractivity contribution in [3.05, 3.63) is 10.7 Å². The third-order valence-electron chi connectivity index (χ3n) is 2.17. The second-order valence-electron chi connectivity index (χ2n) is 4.07. The van der Waals surface area contributed by atoms with Gasteiger partial charge in [0.1, 0.15) is 0 Å². The molecule has 2 rings (SSSR count). The first-order valence-electron chi connectivity index (χ1n) is 5.66. The molecule has 17 heavy (non-hydrogen) atoms. The average Bonchev–Trinajstić information content (AvgIpc) is 2.83. The predicted octanol–water partition coefficient (Wildman–Crippen LogP) is 3.35. The first-order chi connectivity index (χ1) is 8.10. The van der Waals surface area contributed by atoms with Gasteiger partial charge >= 0.3 is 0 Å². The number of rotatable bonds is 4. The highest BCUT2D eigenvalue weighted by atomic mass is 32.1. The van der Waals surface area contributed by atoms with Gasteiger partial charge in [0.2, 0.25) is 5.13 Å². The zero-order chi connectivity index (χ0) is 12.4. The van der Waals surface area contributed by atoms with Crippen LogP contribution in [0.2, 0.25) is 0 Å². The Bertz CT molecular complexity index is 501. The molecule has 0 aliphatic carbocycles. The van der Waals surface area contributed by atoms with E-state index < -0.39 is 0 Å². The Hall–Kier alpha value is -1.01. The molecule has 92 valence electrons. The summed E-state index contributed by atoms with van der Waals surface area (Å²) in [6.07, 6.45) is 0.937. The molecule has 0 aliphatic heterocycles. The molecule has 2 heterocycles. The second-order valence-corrected chi connectivity index (χ2v) is 6.25. The van der Waals surface area contributed by atoms with Crippen LogP contribution < -0.4 is 5.32 Å². The minimum atomic E-state index is 0.379. The zero-order valence-corrected chi connectivity index (χ0v) is 12.1. The minimum absolute atomic E-state index is 0.379. The number of aromatic nitrogens is 3. The largest absolute Gasteiger partial charge is 0.358 e. The van der Waals surface area contributed by atoms with Crippen molar-refractivity contribution in [1.29, 1.82) is 0 Å². The van der Waals surface area contributed by atoms with E-state index >= 15 is 0 Å². The fourth-order valence-corrected chi connectivity index (χ4v) is 3.49. The van der Waals surface area contributed by atoms with E-state index in [1.807, 2.05) is 6.92 Å². The van der Waals surface area contributed by atoms with E-state index in [4.69, 9.17) is 0 Å². The Morgan fingerprint density at radius 2 is 2.00 bits per heavy atom. The second kappa shape index (κ2) is 5.10. The molecule has 0 spiro atoms. The van der Waals surface area contributed by atoms with Crippen molar-refractivity contribution >= 4 is 27.8 Å². The first-order valence-corrected chi connectivity index (χ1v) is 7.30. The minimum Gasteiger partial charge on any atom is -0.358 e. The number of anilines is 1. The smallest absolute Gasteiger partial charge is 0.206 e. The summed E-state index contributed by atoms with van der Waals surface area (Å²) >= 11 is 3.29. The summed E-state index contributed by atoms with van der Waals surface area (Å²) < 4.78 is 0. The van der Waals surface area contributed by atoms with E-state index in [2.05, 4.69) is 41.3 Å². The molecule has 0 saturated heterocycles. The van der Waals surface area contributed by atoms with Gasteiger partial charge in [-0.25, -0.2) is 4.98 Å². The van der Waals surface area contributed by atoms with Crippen molar-refractivity contribution in [2.45, 2.75) is 40.2 Å². The maximum Gasteiger partial charge on any atom is 0.206 e. The molecule has 0 aliphatic rings. The SMILES string of the molecule is CCc1nc(C)sc1-c1nnc(NC(C)C)s1. The summed E-state index contributed by atoms with van der Waals surface area (Å²) in [6.45, 7) is 8.33. The molecule has 0 saturated carbocycles. The molecule has 4 nitrogen and oxygen atoms in total. The molecule has 0 amide bonds. The first kappa shape index (κ1) is 12.4. The molecule has 0 bridgehead atoms. The molecule has 0 radical (unpaired) electrons. The van der Waals surface area contributed by atoms with Gasteiger partial charge in [0, 0.05) is 6.04 Å². The molecule has 6 heteroatoms. The molecular formula is C11H16N4S2. The molecular weight excluding hydrogens is 252 g/mol. The lowest BCUT2D eigenvalue weighted by atomic mass is 10.3. The van der Waals surface area contributed by atoms with Crippen molar-refractivity contribution in [1.82, 2.24) is 15.2 Å². The third-order valence-corrected chi connectivity index (χ3v) is 4.19. The predicted molar refractivity (Wildman–Crippen MR) is 73.9 cm³/mol. The molecule has 0 fully saturated rings. The topological polar surface area (TPSA) is 50.7 Å². The van der Waals surface area contributed by atoms with Crippen LogP contribution in [0.25, 0.3) is 9.88 Å². The lowest BCUT2D eigenvalue weighted by molar-refractivity contribution is 0.888. The van der Waals surface area contributed by atoms with Crippen LogP contribution in [0.4, 0.5) is 5.13 Å². The summed E-state index contributed by atoms with van der Waals surface area (Å²) in [5.74, 6) is 0. The van der Waals surface area contributed by atoms with Gasteiger partial charge in [-0.15, -0.1) is 21.5 Å². The molecule has 0 atom stereocenters. The lowest BCUT2D eigenvalue weighted by Gasteiger charge is -2.03. The third kappa shape index (κ3) is 2.81. The Morgan fingerprint density at radius 3 is 2.65 bits per heavy atom. The highest BCUT2D eigenvalue weighted by Gasteiger charge is 2.14. The van der Waals surface area contributed by atoms with Crippen LogP contribution >= 0.6 is 22.7 Å². The van der Waals surface area contributed by atoms with Gasteiger partial charge in [0.05, 0.1) is 15.6 Å². The standard InChI is InChI=1S/C11H16N4S2/c1-5-8-9(16-7(4)13-8)10-14-15-11(17-10)12-6(2)3/h6H,5H2,1-4H3,(H,12,15). The van der Waals surface area contributed by atoms with Crippen LogP contribution in [0.1, 0.15) is 31.5 Å². The summed E-state index contributed by atoms with van der Waals surface area (Å²) in [6, 6.07) is 0.379. The summed E-state index contributed by atoms with van der Waals surface area (Å²) in [5.41, 5.74) is 1.12. The van der Waals surface area contributed by atoms with E-state index in [1.54, 1.807) is 22.7 Å². The molecule has 0 aromatic carbocycles. The quantitative estimate of drug-likeness (QED) is 0.924. The van der Waals surface area contributed by atoms with Crippen molar-refractivity contribution in [3.8, 4) is 9.88 Å². The van der Waals surface area contributed by atoms with Crippen LogP contribution in [0.15, 0.2) is 0 Å². The number of aryl methyl sites for hydroxylation is 2. The maximum absolute atomic E-state index is 4.51. The highest BCUT2D eigenvalue weighted by molar-refractivity contribution is 7.23. The maximum atomic E-state index is 4.51. The molecule has 0 unspecified atom stereocenters. The zero-order valence-electron chi connectivity index (χ0n) is 10.4. The normalized spacial score (nSPS) is 11.1. The van der Waals surface area contributed by atoms with Gasteiger partial charge in [-0.2, -0.15) is 0 Å². The van der Waals surface area contributed by atoms with Gasteiger partial charge in [-0.1, -0.05) is 18.3 Å². The average molecular weight is 268 g/mol. The molecule has 1 N–H and O–H groups in total. The van der Waals surface area contributed by atoms with Crippen molar-refractivity contribution in [2.75, 3.05) is 5.32 Å². The van der Waals surface area contributed by atoms with Gasteiger partial charge in [0.15, 0.2) is 5.01 Å². The Labute approximate surface area is 109 Å². The van der Waals surface area contributed by atoms with Gasteiger partial charge in [-0.05, 0) is 27.2 Å². The number of hydrogen-bond donors (Lipinski definition) is 1. The van der Waals surface area contributed by atoms with E-state index in [0.717, 1.165) is 27.3 Å². The fraction of sp³-hybridized carbons (Fsp3) is 0.545. The Balaban J connectivity index is 2.29. The summed E-state index contributed by atoms with van der Waals surface area (Å²) in [4.78, 5) is 5.68. The van der Waals surface area contributed by atoms with Crippen LogP contribution in [-0.2, 0) is 6.42 Å². The van der Waals surface area contributed by atoms with E-state index in [9.17, 15) is 0 Å². The summed E-state index contributed by atoms with van der Waals surface area (Å²) in [5, 5.41) is 14.6. The van der Waals surface area contributed by atoms with Crippen LogP contribution in [0.5, 0.6) is 0 Å². The fourth-order valence-electron chi connectivity index (χ4n) is 1.50. The highest BCUT2D eigenvalue weighted by Crippen LogP contribution is 2.34. The van der Waals surface area contributed by atoms with Crippen molar-refractivity contribution in [2.24, 2.45) is 0 Å². The van der Waals surface area contributed by atoms with Gasteiger partial charge in [0.25, 0.3) is 0 Å². The van der Waals surface area contributed by atoms with E-state index in [1.165, 1.54) is 4.88 Å². The van der Waals surface area contributed by atoms with E-state index in [-0.39, 0.29) is 0 Å². The number of hydrogen-bond acceptors (Lipinski definition) is 6. The van der Waals surface area contributed by atoms with Gasteiger partial charge in [-0.3, -0.25) is 0 Å². The molecule has 2 aromatic heterocycles. The van der Waals surface area contributed by atoms with E-state index in [0.29, 0.717) is 6.04 Å². The summed E-state index contributed by atoms with van der Waals surface area (Å²) in [7, 11) is 0. The van der Waals surface area contributed by atoms with Crippen LogP contribution in [0.3, 0.4) is 0 Å². The number of thiazole rings is 1. The number of nitrogens with one attached hydrogen (secondary N) is 1. The van der Waals surface area contributed by atoms with Crippen molar-refractivity contribution in [3.63, 3.8) is 0 Å². The molecule has 2 aromatic rings.